The van der Waals surface area contributed by atoms with Gasteiger partial charge in [0, 0.05) is 6.61 Å². The fourth-order valence-electron chi connectivity index (χ4n) is 2.54. The second kappa shape index (κ2) is 5.79. The smallest absolute Gasteiger partial charge is 0.251 e. The maximum absolute atomic E-state index is 12.8. The quantitative estimate of drug-likeness (QED) is 0.849. The second-order valence-electron chi connectivity index (χ2n) is 5.29. The predicted molar refractivity (Wildman–Crippen MR) is 71.0 cm³/mol. The van der Waals surface area contributed by atoms with Crippen LogP contribution < -0.4 is 4.74 Å². The third-order valence-electron chi connectivity index (χ3n) is 3.73. The van der Waals surface area contributed by atoms with Crippen molar-refractivity contribution in [3.63, 3.8) is 0 Å². The molecule has 1 atom stereocenters. The molecule has 0 spiro atoms. The number of carbonyl (C=O) groups is 1. The Hall–Kier alpha value is -1.62. The molecule has 0 radical (unpaired) electrons. The number of halogens is 1. The molecule has 2 fully saturated rings. The first-order valence-corrected chi connectivity index (χ1v) is 7.05. The first-order chi connectivity index (χ1) is 9.72. The van der Waals surface area contributed by atoms with Crippen molar-refractivity contribution >= 4 is 5.91 Å². The Morgan fingerprint density at radius 3 is 2.65 bits per heavy atom. The van der Waals surface area contributed by atoms with Crippen molar-refractivity contribution in [1.82, 2.24) is 4.90 Å². The summed E-state index contributed by atoms with van der Waals surface area (Å²) in [7, 11) is 0. The number of hydrogen-bond acceptors (Lipinski definition) is 3. The third kappa shape index (κ3) is 2.93. The van der Waals surface area contributed by atoms with Crippen LogP contribution in [0.1, 0.15) is 19.3 Å². The highest BCUT2D eigenvalue weighted by atomic mass is 19.1. The van der Waals surface area contributed by atoms with Gasteiger partial charge in [0.1, 0.15) is 23.8 Å². The fraction of sp³-hybridized carbons (Fsp3) is 0.533. The van der Waals surface area contributed by atoms with Crippen molar-refractivity contribution in [3.8, 4) is 5.75 Å². The van der Waals surface area contributed by atoms with Gasteiger partial charge in [-0.05, 0) is 43.5 Å². The topological polar surface area (TPSA) is 38.8 Å². The Bertz CT molecular complexity index is 465. The molecule has 0 saturated carbocycles. The van der Waals surface area contributed by atoms with Crippen molar-refractivity contribution in [2.45, 2.75) is 31.5 Å². The molecule has 1 aromatic carbocycles. The van der Waals surface area contributed by atoms with E-state index in [-0.39, 0.29) is 23.9 Å². The van der Waals surface area contributed by atoms with E-state index in [4.69, 9.17) is 9.47 Å². The van der Waals surface area contributed by atoms with Crippen LogP contribution >= 0.6 is 0 Å². The number of ether oxygens (including phenoxy) is 2. The van der Waals surface area contributed by atoms with Gasteiger partial charge < -0.3 is 14.4 Å². The monoisotopic (exact) mass is 279 g/mol. The Morgan fingerprint density at radius 1 is 1.25 bits per heavy atom. The minimum absolute atomic E-state index is 0.00648. The van der Waals surface area contributed by atoms with E-state index in [0.717, 1.165) is 19.3 Å². The minimum Gasteiger partial charge on any atom is -0.487 e. The van der Waals surface area contributed by atoms with E-state index in [1.807, 2.05) is 0 Å². The summed E-state index contributed by atoms with van der Waals surface area (Å²) >= 11 is 0. The number of nitrogens with zero attached hydrogens (tertiary/aromatic N) is 1. The zero-order chi connectivity index (χ0) is 13.9. The first kappa shape index (κ1) is 13.4. The van der Waals surface area contributed by atoms with Crippen molar-refractivity contribution in [2.24, 2.45) is 0 Å². The molecule has 3 rings (SSSR count). The molecule has 5 heteroatoms. The summed E-state index contributed by atoms with van der Waals surface area (Å²) < 4.78 is 23.9. The van der Waals surface area contributed by atoms with Gasteiger partial charge in [-0.3, -0.25) is 4.79 Å². The minimum atomic E-state index is -0.280. The van der Waals surface area contributed by atoms with E-state index in [0.29, 0.717) is 25.4 Å². The van der Waals surface area contributed by atoms with Crippen LogP contribution in [0.5, 0.6) is 5.75 Å². The largest absolute Gasteiger partial charge is 0.487 e. The lowest BCUT2D eigenvalue weighted by molar-refractivity contribution is -0.155. The van der Waals surface area contributed by atoms with Gasteiger partial charge in [0.05, 0.1) is 13.1 Å². The van der Waals surface area contributed by atoms with Gasteiger partial charge in [0.15, 0.2) is 0 Å². The molecular formula is C15H18FNO3. The Morgan fingerprint density at radius 2 is 2.00 bits per heavy atom. The summed E-state index contributed by atoms with van der Waals surface area (Å²) in [5, 5.41) is 0. The van der Waals surface area contributed by atoms with Crippen LogP contribution in [0.4, 0.5) is 4.39 Å². The summed E-state index contributed by atoms with van der Waals surface area (Å²) in [6, 6.07) is 5.94. The molecule has 2 saturated heterocycles. The molecule has 0 aliphatic carbocycles. The number of carbonyl (C=O) groups excluding carboxylic acids is 1. The molecule has 20 heavy (non-hydrogen) atoms. The summed E-state index contributed by atoms with van der Waals surface area (Å²) in [5.74, 6) is 0.429. The van der Waals surface area contributed by atoms with Crippen molar-refractivity contribution in [1.29, 1.82) is 0 Å². The van der Waals surface area contributed by atoms with Crippen LogP contribution in [0, 0.1) is 5.82 Å². The normalized spacial score (nSPS) is 23.2. The van der Waals surface area contributed by atoms with Crippen LogP contribution in [-0.4, -0.2) is 42.7 Å². The molecule has 2 heterocycles. The third-order valence-corrected chi connectivity index (χ3v) is 3.73. The molecule has 0 unspecified atom stereocenters. The van der Waals surface area contributed by atoms with Gasteiger partial charge >= 0.3 is 0 Å². The molecule has 2 aliphatic heterocycles. The lowest BCUT2D eigenvalue weighted by Crippen LogP contribution is -2.59. The molecule has 1 aromatic rings. The van der Waals surface area contributed by atoms with Crippen molar-refractivity contribution in [2.75, 3.05) is 19.7 Å². The standard InChI is InChI=1S/C15H18FNO3/c16-11-4-6-12(7-5-11)20-13-9-17(10-13)15(18)14-3-1-2-8-19-14/h4-7,13-14H,1-3,8-10H2/t14-/m0/s1. The maximum Gasteiger partial charge on any atom is 0.251 e. The van der Waals surface area contributed by atoms with Gasteiger partial charge in [-0.1, -0.05) is 0 Å². The molecule has 0 aromatic heterocycles. The van der Waals surface area contributed by atoms with Crippen LogP contribution in [-0.2, 0) is 9.53 Å². The number of benzene rings is 1. The van der Waals surface area contributed by atoms with Gasteiger partial charge in [-0.2, -0.15) is 0 Å². The molecular weight excluding hydrogens is 261 g/mol. The van der Waals surface area contributed by atoms with Gasteiger partial charge in [-0.15, -0.1) is 0 Å². The van der Waals surface area contributed by atoms with Crippen molar-refractivity contribution in [3.05, 3.63) is 30.1 Å². The Labute approximate surface area is 117 Å². The van der Waals surface area contributed by atoms with Crippen LogP contribution in [0.25, 0.3) is 0 Å². The van der Waals surface area contributed by atoms with Gasteiger partial charge in [0.2, 0.25) is 0 Å². The SMILES string of the molecule is O=C([C@@H]1CCCCO1)N1CC(Oc2ccc(F)cc2)C1. The molecule has 0 bridgehead atoms. The van der Waals surface area contributed by atoms with Gasteiger partial charge in [0.25, 0.3) is 5.91 Å². The lowest BCUT2D eigenvalue weighted by Gasteiger charge is -2.41. The van der Waals surface area contributed by atoms with E-state index < -0.39 is 0 Å². The number of rotatable bonds is 3. The zero-order valence-corrected chi connectivity index (χ0v) is 11.3. The summed E-state index contributed by atoms with van der Waals surface area (Å²) in [5.41, 5.74) is 0. The van der Waals surface area contributed by atoms with Gasteiger partial charge in [-0.25, -0.2) is 4.39 Å². The summed E-state index contributed by atoms with van der Waals surface area (Å²) in [4.78, 5) is 13.9. The molecule has 1 amide bonds. The van der Waals surface area contributed by atoms with Crippen LogP contribution in [0.15, 0.2) is 24.3 Å². The summed E-state index contributed by atoms with van der Waals surface area (Å²) in [6.07, 6.45) is 2.64. The Balaban J connectivity index is 1.46. The fourth-order valence-corrected chi connectivity index (χ4v) is 2.54. The van der Waals surface area contributed by atoms with E-state index in [1.54, 1.807) is 17.0 Å². The van der Waals surface area contributed by atoms with E-state index in [9.17, 15) is 9.18 Å². The molecule has 0 N–H and O–H groups in total. The number of hydrogen-bond donors (Lipinski definition) is 0. The lowest BCUT2D eigenvalue weighted by atomic mass is 10.0. The van der Waals surface area contributed by atoms with Crippen LogP contribution in [0.2, 0.25) is 0 Å². The highest BCUT2D eigenvalue weighted by molar-refractivity contribution is 5.81. The number of amides is 1. The predicted octanol–water partition coefficient (Wildman–Crippen LogP) is 1.98. The number of likely N-dealkylation sites (tertiary alicyclic amines) is 1. The van der Waals surface area contributed by atoms with E-state index in [2.05, 4.69) is 0 Å². The van der Waals surface area contributed by atoms with Crippen LogP contribution in [0.3, 0.4) is 0 Å². The molecule has 108 valence electrons. The average molecular weight is 279 g/mol. The van der Waals surface area contributed by atoms with E-state index >= 15 is 0 Å². The first-order valence-electron chi connectivity index (χ1n) is 7.05. The highest BCUT2D eigenvalue weighted by Crippen LogP contribution is 2.22. The zero-order valence-electron chi connectivity index (χ0n) is 11.3. The molecule has 2 aliphatic rings. The second-order valence-corrected chi connectivity index (χ2v) is 5.29. The molecule has 4 nitrogen and oxygen atoms in total. The highest BCUT2D eigenvalue weighted by Gasteiger charge is 2.36. The van der Waals surface area contributed by atoms with Crippen molar-refractivity contribution < 1.29 is 18.7 Å². The Kier molecular flexibility index (Phi) is 3.87. The maximum atomic E-state index is 12.8. The summed E-state index contributed by atoms with van der Waals surface area (Å²) in [6.45, 7) is 1.84. The average Bonchev–Trinajstić information content (AvgIpc) is 2.45. The van der Waals surface area contributed by atoms with E-state index in [1.165, 1.54) is 12.1 Å².